The summed E-state index contributed by atoms with van der Waals surface area (Å²) >= 11 is 0. The van der Waals surface area contributed by atoms with Crippen LogP contribution in [0.4, 0.5) is 0 Å². The third kappa shape index (κ3) is 5.04. The summed E-state index contributed by atoms with van der Waals surface area (Å²) < 4.78 is 15.9. The lowest BCUT2D eigenvalue weighted by Crippen LogP contribution is -2.45. The van der Waals surface area contributed by atoms with Crippen molar-refractivity contribution < 1.29 is 13.7 Å². The largest absolute Gasteiger partial charge is 0.468 e. The first kappa shape index (κ1) is 15.6. The van der Waals surface area contributed by atoms with E-state index in [1.54, 1.807) is 6.92 Å². The summed E-state index contributed by atoms with van der Waals surface area (Å²) in [5.74, 6) is 1.23. The summed E-state index contributed by atoms with van der Waals surface area (Å²) in [6, 6.07) is 0. The summed E-state index contributed by atoms with van der Waals surface area (Å²) in [6.45, 7) is 4.55. The quantitative estimate of drug-likeness (QED) is 0.551. The van der Waals surface area contributed by atoms with Crippen molar-refractivity contribution in [3.63, 3.8) is 0 Å². The molecular weight excluding hydrogens is 252 g/mol. The fraction of sp³-hybridized carbons (Fsp3) is 0.917. The smallest absolute Gasteiger partial charge is 0.325 e. The molecule has 0 aliphatic carbocycles. The Kier molecular flexibility index (Phi) is 6.25. The molecule has 1 aliphatic rings. The summed E-state index contributed by atoms with van der Waals surface area (Å²) in [4.78, 5) is 13.7. The second-order valence-corrected chi connectivity index (χ2v) is 6.75. The summed E-state index contributed by atoms with van der Waals surface area (Å²) in [7, 11) is 0.750. The van der Waals surface area contributed by atoms with Gasteiger partial charge in [-0.25, -0.2) is 0 Å². The highest BCUT2D eigenvalue weighted by Crippen LogP contribution is 2.13. The summed E-state index contributed by atoms with van der Waals surface area (Å²) in [6.07, 6.45) is 2.55. The van der Waals surface area contributed by atoms with Gasteiger partial charge in [-0.05, 0) is 32.7 Å². The molecule has 1 rings (SSSR count). The normalized spacial score (nSPS) is 21.5. The Morgan fingerprint density at radius 2 is 2.00 bits per heavy atom. The van der Waals surface area contributed by atoms with Crippen LogP contribution in [0.2, 0.25) is 0 Å². The molecule has 0 spiro atoms. The number of nitrogens with two attached hydrogens (primary N) is 1. The van der Waals surface area contributed by atoms with E-state index in [9.17, 15) is 9.00 Å². The van der Waals surface area contributed by atoms with Gasteiger partial charge in [-0.1, -0.05) is 0 Å². The van der Waals surface area contributed by atoms with Crippen LogP contribution in [0.25, 0.3) is 0 Å². The molecule has 1 saturated heterocycles. The zero-order valence-electron chi connectivity index (χ0n) is 11.3. The number of hydrogen-bond donors (Lipinski definition) is 1. The first-order chi connectivity index (χ1) is 8.45. The Labute approximate surface area is 111 Å². The van der Waals surface area contributed by atoms with E-state index >= 15 is 0 Å². The van der Waals surface area contributed by atoms with Crippen molar-refractivity contribution >= 4 is 16.8 Å². The zero-order valence-corrected chi connectivity index (χ0v) is 12.1. The lowest BCUT2D eigenvalue weighted by Gasteiger charge is -2.26. The molecule has 1 heterocycles. The van der Waals surface area contributed by atoms with Crippen molar-refractivity contribution in [2.75, 3.05) is 38.2 Å². The van der Waals surface area contributed by atoms with Crippen LogP contribution < -0.4 is 5.73 Å². The van der Waals surface area contributed by atoms with Crippen LogP contribution in [-0.4, -0.2) is 58.9 Å². The number of esters is 1. The minimum absolute atomic E-state index is 0.351. The van der Waals surface area contributed by atoms with Crippen molar-refractivity contribution in [1.29, 1.82) is 0 Å². The van der Waals surface area contributed by atoms with Crippen LogP contribution in [-0.2, 0) is 20.3 Å². The molecule has 1 aliphatic heterocycles. The van der Waals surface area contributed by atoms with Gasteiger partial charge in [0.15, 0.2) is 0 Å². The molecule has 5 nitrogen and oxygen atoms in total. The van der Waals surface area contributed by atoms with Crippen molar-refractivity contribution in [1.82, 2.24) is 4.90 Å². The van der Waals surface area contributed by atoms with Crippen LogP contribution in [0, 0.1) is 0 Å². The van der Waals surface area contributed by atoms with E-state index in [1.165, 1.54) is 7.11 Å². The first-order valence-electron chi connectivity index (χ1n) is 6.40. The third-order valence-corrected chi connectivity index (χ3v) is 4.62. The van der Waals surface area contributed by atoms with E-state index in [0.29, 0.717) is 6.42 Å². The van der Waals surface area contributed by atoms with E-state index < -0.39 is 16.3 Å². The molecule has 0 saturated carbocycles. The molecular formula is C12H24N2O3S. The van der Waals surface area contributed by atoms with E-state index in [0.717, 1.165) is 44.0 Å². The van der Waals surface area contributed by atoms with Gasteiger partial charge < -0.3 is 15.4 Å². The van der Waals surface area contributed by atoms with Gasteiger partial charge in [0.2, 0.25) is 0 Å². The minimum atomic E-state index is -0.877. The Morgan fingerprint density at radius 3 is 2.56 bits per heavy atom. The number of nitrogens with zero attached hydrogens (tertiary/aromatic N) is 1. The average molecular weight is 276 g/mol. The number of hydrogen-bond acceptors (Lipinski definition) is 5. The predicted molar refractivity (Wildman–Crippen MR) is 72.8 cm³/mol. The van der Waals surface area contributed by atoms with E-state index in [1.807, 2.05) is 0 Å². The number of rotatable bonds is 6. The van der Waals surface area contributed by atoms with Crippen LogP contribution >= 0.6 is 0 Å². The Bertz CT molecular complexity index is 298. The average Bonchev–Trinajstić information content (AvgIpc) is 2.35. The molecule has 0 aromatic rings. The first-order valence-corrected chi connectivity index (χ1v) is 7.89. The summed E-state index contributed by atoms with van der Waals surface area (Å²) in [5, 5.41) is 0. The van der Waals surface area contributed by atoms with Crippen LogP contribution in [0.15, 0.2) is 0 Å². The monoisotopic (exact) mass is 276 g/mol. The predicted octanol–water partition coefficient (Wildman–Crippen LogP) is 0.111. The van der Waals surface area contributed by atoms with Crippen molar-refractivity contribution in [3.05, 3.63) is 0 Å². The van der Waals surface area contributed by atoms with Gasteiger partial charge >= 0.3 is 5.97 Å². The van der Waals surface area contributed by atoms with Crippen LogP contribution in [0.3, 0.4) is 0 Å². The number of methoxy groups -OCH3 is 1. The van der Waals surface area contributed by atoms with Crippen molar-refractivity contribution in [3.8, 4) is 0 Å². The van der Waals surface area contributed by atoms with Gasteiger partial charge in [-0.15, -0.1) is 0 Å². The highest BCUT2D eigenvalue weighted by molar-refractivity contribution is 7.85. The van der Waals surface area contributed by atoms with Gasteiger partial charge in [0.1, 0.15) is 5.54 Å². The second-order valence-electron chi connectivity index (χ2n) is 5.06. The lowest BCUT2D eigenvalue weighted by molar-refractivity contribution is -0.146. The van der Waals surface area contributed by atoms with E-state index in [2.05, 4.69) is 9.64 Å². The Balaban J connectivity index is 2.15. The van der Waals surface area contributed by atoms with E-state index in [4.69, 9.17) is 5.73 Å². The van der Waals surface area contributed by atoms with Gasteiger partial charge in [0.25, 0.3) is 0 Å². The molecule has 0 bridgehead atoms. The van der Waals surface area contributed by atoms with Crippen LogP contribution in [0.5, 0.6) is 0 Å². The molecule has 0 radical (unpaired) electrons. The highest BCUT2D eigenvalue weighted by atomic mass is 32.2. The molecule has 6 heteroatoms. The molecule has 106 valence electrons. The zero-order chi connectivity index (χ0) is 13.6. The maximum absolute atomic E-state index is 11.4. The standard InChI is InChI=1S/C12H24N2O3S/c1-12(13,11(15)17-2)5-3-4-6-14-7-9-18(16)10-8-14/h3-10,13H2,1-2H3. The number of carbonyl (C=O) groups excluding carboxylic acids is 1. The SMILES string of the molecule is COC(=O)C(C)(N)CCCCN1CCS(=O)CC1. The molecule has 1 atom stereocenters. The van der Waals surface area contributed by atoms with Gasteiger partial charge in [0, 0.05) is 35.4 Å². The number of carbonyl (C=O) groups is 1. The molecule has 0 amide bonds. The topological polar surface area (TPSA) is 72.6 Å². The minimum Gasteiger partial charge on any atom is -0.468 e. The van der Waals surface area contributed by atoms with E-state index in [-0.39, 0.29) is 5.97 Å². The van der Waals surface area contributed by atoms with Gasteiger partial charge in [0.05, 0.1) is 7.11 Å². The molecule has 1 fully saturated rings. The second kappa shape index (κ2) is 7.21. The number of unbranched alkanes of at least 4 members (excludes halogenated alkanes) is 1. The molecule has 18 heavy (non-hydrogen) atoms. The fourth-order valence-corrected chi connectivity index (χ4v) is 3.19. The lowest BCUT2D eigenvalue weighted by atomic mass is 9.96. The Hall–Kier alpha value is -0.460. The fourth-order valence-electron chi connectivity index (χ4n) is 2.06. The summed E-state index contributed by atoms with van der Waals surface area (Å²) in [5.41, 5.74) is 5.00. The van der Waals surface area contributed by atoms with Crippen molar-refractivity contribution in [2.45, 2.75) is 31.7 Å². The van der Waals surface area contributed by atoms with Crippen molar-refractivity contribution in [2.24, 2.45) is 5.73 Å². The van der Waals surface area contributed by atoms with Gasteiger partial charge in [-0.2, -0.15) is 0 Å². The molecule has 0 aromatic heterocycles. The third-order valence-electron chi connectivity index (χ3n) is 3.34. The van der Waals surface area contributed by atoms with Crippen LogP contribution in [0.1, 0.15) is 26.2 Å². The molecule has 2 N–H and O–H groups in total. The maximum atomic E-state index is 11.4. The molecule has 0 aromatic carbocycles. The highest BCUT2D eigenvalue weighted by Gasteiger charge is 2.28. The Morgan fingerprint density at radius 1 is 1.39 bits per heavy atom. The van der Waals surface area contributed by atoms with Gasteiger partial charge in [-0.3, -0.25) is 9.00 Å². The maximum Gasteiger partial charge on any atom is 0.325 e. The molecule has 1 unspecified atom stereocenters. The number of ether oxygens (including phenoxy) is 1.